The highest BCUT2D eigenvalue weighted by atomic mass is 35.5. The third-order valence-electron chi connectivity index (χ3n) is 6.11. The van der Waals surface area contributed by atoms with Crippen LogP contribution in [-0.2, 0) is 6.54 Å². The number of anilines is 1. The summed E-state index contributed by atoms with van der Waals surface area (Å²) in [6, 6.07) is 12.9. The number of benzene rings is 2. The minimum absolute atomic E-state index is 0. The molecule has 0 spiro atoms. The van der Waals surface area contributed by atoms with Crippen LogP contribution in [0.15, 0.2) is 42.6 Å². The number of methoxy groups -OCH3 is 3. The van der Waals surface area contributed by atoms with Gasteiger partial charge in [0.25, 0.3) is 0 Å². The molecule has 186 valence electrons. The first-order valence-electron chi connectivity index (χ1n) is 10.9. The summed E-state index contributed by atoms with van der Waals surface area (Å²) in [6.45, 7) is 0.759. The van der Waals surface area contributed by atoms with E-state index in [1.807, 2.05) is 42.6 Å². The molecule has 0 saturated heterocycles. The fraction of sp³-hybridized carbons (Fsp3) is 0.400. The Kier molecular flexibility index (Phi) is 10.8. The van der Waals surface area contributed by atoms with Gasteiger partial charge < -0.3 is 24.8 Å². The maximum Gasteiger partial charge on any atom is 0.203 e. The van der Waals surface area contributed by atoms with E-state index in [1.54, 1.807) is 21.3 Å². The Morgan fingerprint density at radius 1 is 0.882 bits per heavy atom. The lowest BCUT2D eigenvalue weighted by atomic mass is 9.90. The minimum Gasteiger partial charge on any atom is -0.493 e. The molecule has 2 aromatic carbocycles. The van der Waals surface area contributed by atoms with Gasteiger partial charge in [-0.05, 0) is 67.6 Å². The van der Waals surface area contributed by atoms with Crippen LogP contribution in [0.2, 0.25) is 5.02 Å². The molecule has 2 N–H and O–H groups in total. The van der Waals surface area contributed by atoms with Crippen LogP contribution < -0.4 is 24.8 Å². The third kappa shape index (κ3) is 6.51. The first-order chi connectivity index (χ1) is 15.6. The molecule has 3 aromatic rings. The maximum absolute atomic E-state index is 6.11. The number of nitrogens with zero attached hydrogens (tertiary/aromatic N) is 1. The molecular formula is C25H32Cl3N3O3. The number of hydrogen-bond acceptors (Lipinski definition) is 6. The molecule has 1 heterocycles. The topological polar surface area (TPSA) is 64.6 Å². The van der Waals surface area contributed by atoms with Gasteiger partial charge in [-0.1, -0.05) is 11.6 Å². The summed E-state index contributed by atoms with van der Waals surface area (Å²) in [4.78, 5) is 4.44. The minimum atomic E-state index is 0. The van der Waals surface area contributed by atoms with Gasteiger partial charge in [-0.25, -0.2) is 0 Å². The van der Waals surface area contributed by atoms with Crippen molar-refractivity contribution in [2.75, 3.05) is 26.6 Å². The Hall–Kier alpha value is -2.12. The van der Waals surface area contributed by atoms with Crippen molar-refractivity contribution in [3.8, 4) is 17.2 Å². The molecule has 0 unspecified atom stereocenters. The molecule has 4 rings (SSSR count). The number of ether oxygens (including phenoxy) is 3. The van der Waals surface area contributed by atoms with E-state index in [-0.39, 0.29) is 24.8 Å². The van der Waals surface area contributed by atoms with Crippen molar-refractivity contribution in [1.29, 1.82) is 0 Å². The van der Waals surface area contributed by atoms with Gasteiger partial charge in [0, 0.05) is 40.9 Å². The molecule has 1 fully saturated rings. The first-order valence-corrected chi connectivity index (χ1v) is 11.3. The predicted molar refractivity (Wildman–Crippen MR) is 144 cm³/mol. The Bertz CT molecular complexity index is 1050. The SMILES string of the molecule is COc1cc(CNC2CCC(Nc3ccnc4cc(Cl)ccc34)CC2)cc(OC)c1OC.Cl.Cl. The van der Waals surface area contributed by atoms with E-state index in [1.165, 1.54) is 0 Å². The summed E-state index contributed by atoms with van der Waals surface area (Å²) in [5, 5.41) is 9.24. The lowest BCUT2D eigenvalue weighted by Crippen LogP contribution is -2.36. The van der Waals surface area contributed by atoms with Gasteiger partial charge in [0.2, 0.25) is 5.75 Å². The van der Waals surface area contributed by atoms with Crippen molar-refractivity contribution in [3.05, 3.63) is 53.2 Å². The van der Waals surface area contributed by atoms with Crippen LogP contribution >= 0.6 is 36.4 Å². The Balaban J connectivity index is 0.00000204. The lowest BCUT2D eigenvalue weighted by Gasteiger charge is -2.31. The van der Waals surface area contributed by atoms with Gasteiger partial charge in [0.15, 0.2) is 11.5 Å². The van der Waals surface area contributed by atoms with Crippen LogP contribution in [0.1, 0.15) is 31.2 Å². The van der Waals surface area contributed by atoms with Crippen LogP contribution in [0, 0.1) is 0 Å². The second-order valence-corrected chi connectivity index (χ2v) is 8.56. The maximum atomic E-state index is 6.11. The number of halogens is 3. The van der Waals surface area contributed by atoms with Crippen molar-refractivity contribution in [3.63, 3.8) is 0 Å². The molecule has 34 heavy (non-hydrogen) atoms. The summed E-state index contributed by atoms with van der Waals surface area (Å²) in [7, 11) is 4.90. The third-order valence-corrected chi connectivity index (χ3v) is 6.35. The highest BCUT2D eigenvalue weighted by molar-refractivity contribution is 6.31. The van der Waals surface area contributed by atoms with E-state index in [4.69, 9.17) is 25.8 Å². The smallest absolute Gasteiger partial charge is 0.203 e. The van der Waals surface area contributed by atoms with Crippen LogP contribution in [0.3, 0.4) is 0 Å². The molecule has 9 heteroatoms. The number of aromatic nitrogens is 1. The van der Waals surface area contributed by atoms with E-state index < -0.39 is 0 Å². The summed E-state index contributed by atoms with van der Waals surface area (Å²) in [5.74, 6) is 1.99. The number of pyridine rings is 1. The number of hydrogen-bond donors (Lipinski definition) is 2. The largest absolute Gasteiger partial charge is 0.493 e. The Labute approximate surface area is 218 Å². The molecule has 6 nitrogen and oxygen atoms in total. The number of fused-ring (bicyclic) bond motifs is 1. The van der Waals surface area contributed by atoms with Crippen LogP contribution in [0.4, 0.5) is 5.69 Å². The fourth-order valence-corrected chi connectivity index (χ4v) is 4.57. The van der Waals surface area contributed by atoms with Gasteiger partial charge in [-0.2, -0.15) is 0 Å². The van der Waals surface area contributed by atoms with Gasteiger partial charge in [0.1, 0.15) is 0 Å². The highest BCUT2D eigenvalue weighted by Crippen LogP contribution is 2.38. The van der Waals surface area contributed by atoms with E-state index in [2.05, 4.69) is 15.6 Å². The summed E-state index contributed by atoms with van der Waals surface area (Å²) >= 11 is 6.11. The molecule has 0 atom stereocenters. The van der Waals surface area contributed by atoms with E-state index >= 15 is 0 Å². The summed E-state index contributed by atoms with van der Waals surface area (Å²) in [5.41, 5.74) is 3.16. The molecule has 1 aliphatic carbocycles. The van der Waals surface area contributed by atoms with Gasteiger partial charge in [-0.15, -0.1) is 24.8 Å². The lowest BCUT2D eigenvalue weighted by molar-refractivity contribution is 0.322. The average molecular weight is 529 g/mol. The fourth-order valence-electron chi connectivity index (χ4n) is 4.41. The zero-order valence-electron chi connectivity index (χ0n) is 19.6. The van der Waals surface area contributed by atoms with Gasteiger partial charge >= 0.3 is 0 Å². The van der Waals surface area contributed by atoms with Crippen molar-refractivity contribution in [1.82, 2.24) is 10.3 Å². The molecular weight excluding hydrogens is 497 g/mol. The van der Waals surface area contributed by atoms with E-state index in [0.29, 0.717) is 34.4 Å². The van der Waals surface area contributed by atoms with Crippen LogP contribution in [-0.4, -0.2) is 38.4 Å². The highest BCUT2D eigenvalue weighted by Gasteiger charge is 2.22. The van der Waals surface area contributed by atoms with Crippen molar-refractivity contribution in [2.24, 2.45) is 0 Å². The molecule has 0 bridgehead atoms. The quantitative estimate of drug-likeness (QED) is 0.359. The van der Waals surface area contributed by atoms with Crippen LogP contribution in [0.25, 0.3) is 10.9 Å². The second-order valence-electron chi connectivity index (χ2n) is 8.13. The number of nitrogens with one attached hydrogen (secondary N) is 2. The molecule has 1 aromatic heterocycles. The second kappa shape index (κ2) is 13.1. The van der Waals surface area contributed by atoms with E-state index in [9.17, 15) is 0 Å². The zero-order valence-corrected chi connectivity index (χ0v) is 22.0. The Morgan fingerprint density at radius 3 is 2.15 bits per heavy atom. The van der Waals surface area contributed by atoms with E-state index in [0.717, 1.165) is 54.4 Å². The number of rotatable bonds is 8. The summed E-state index contributed by atoms with van der Waals surface area (Å²) < 4.78 is 16.3. The van der Waals surface area contributed by atoms with Gasteiger partial charge in [-0.3, -0.25) is 4.98 Å². The first kappa shape index (κ1) is 28.1. The Morgan fingerprint density at radius 2 is 1.53 bits per heavy atom. The van der Waals surface area contributed by atoms with Gasteiger partial charge in [0.05, 0.1) is 26.8 Å². The summed E-state index contributed by atoms with van der Waals surface area (Å²) in [6.07, 6.45) is 6.31. The van der Waals surface area contributed by atoms with Crippen LogP contribution in [0.5, 0.6) is 17.2 Å². The van der Waals surface area contributed by atoms with Crippen molar-refractivity contribution < 1.29 is 14.2 Å². The molecule has 0 amide bonds. The average Bonchev–Trinajstić information content (AvgIpc) is 2.82. The zero-order chi connectivity index (χ0) is 22.5. The monoisotopic (exact) mass is 527 g/mol. The predicted octanol–water partition coefficient (Wildman–Crippen LogP) is 6.27. The van der Waals surface area contributed by atoms with Crippen molar-refractivity contribution in [2.45, 2.75) is 44.3 Å². The standard InChI is InChI=1S/C25H30ClN3O3.2ClH/c1-30-23-12-16(13-24(31-2)25(23)32-3)15-28-18-5-7-19(8-6-18)29-21-10-11-27-22-14-17(26)4-9-20(21)22;;/h4,9-14,18-19,28H,5-8,15H2,1-3H3,(H,27,29);2*1H. The molecule has 1 saturated carbocycles. The van der Waals surface area contributed by atoms with Crippen molar-refractivity contribution >= 4 is 53.0 Å². The molecule has 1 aliphatic rings. The molecule has 0 radical (unpaired) electrons. The normalized spacial score (nSPS) is 17.3. The molecule has 0 aliphatic heterocycles.